The average Bonchev–Trinajstić information content (AvgIpc) is 3.10. The molecule has 0 bridgehead atoms. The van der Waals surface area contributed by atoms with Gasteiger partial charge in [0.2, 0.25) is 0 Å². The van der Waals surface area contributed by atoms with Crippen LogP contribution in [0, 0.1) is 11.3 Å². The monoisotopic (exact) mass is 209 g/mol. The molecule has 0 aliphatic heterocycles. The highest BCUT2D eigenvalue weighted by molar-refractivity contribution is 5.05. The maximum absolute atomic E-state index is 9.44. The van der Waals surface area contributed by atoms with Crippen molar-refractivity contribution < 1.29 is 5.11 Å². The molecule has 2 N–H and O–H groups in total. The molecule has 2 heteroatoms. The Morgan fingerprint density at radius 3 is 2.20 bits per heavy atom. The Balaban J connectivity index is 1.42. The topological polar surface area (TPSA) is 32.3 Å². The van der Waals surface area contributed by atoms with Gasteiger partial charge in [-0.15, -0.1) is 0 Å². The summed E-state index contributed by atoms with van der Waals surface area (Å²) >= 11 is 0. The third-order valence-electron chi connectivity index (χ3n) is 4.78. The Morgan fingerprint density at radius 1 is 1.00 bits per heavy atom. The maximum Gasteiger partial charge on any atom is 0.0541 e. The van der Waals surface area contributed by atoms with Crippen LogP contribution in [0.3, 0.4) is 0 Å². The quantitative estimate of drug-likeness (QED) is 0.743. The highest BCUT2D eigenvalue weighted by Crippen LogP contribution is 2.60. The summed E-state index contributed by atoms with van der Waals surface area (Å²) in [6, 6.07) is 0.699. The van der Waals surface area contributed by atoms with Gasteiger partial charge in [-0.05, 0) is 62.7 Å². The molecule has 0 atom stereocenters. The summed E-state index contributed by atoms with van der Waals surface area (Å²) in [6.07, 6.45) is 10.3. The van der Waals surface area contributed by atoms with E-state index in [4.69, 9.17) is 0 Å². The fourth-order valence-electron chi connectivity index (χ4n) is 3.21. The van der Waals surface area contributed by atoms with Gasteiger partial charge >= 0.3 is 0 Å². The van der Waals surface area contributed by atoms with Gasteiger partial charge in [-0.3, -0.25) is 0 Å². The second kappa shape index (κ2) is 3.74. The molecule has 3 rings (SSSR count). The van der Waals surface area contributed by atoms with E-state index in [1.54, 1.807) is 0 Å². The van der Waals surface area contributed by atoms with E-state index in [-0.39, 0.29) is 6.10 Å². The number of aliphatic hydroxyl groups excluding tert-OH is 1. The van der Waals surface area contributed by atoms with Gasteiger partial charge < -0.3 is 10.4 Å². The summed E-state index contributed by atoms with van der Waals surface area (Å²) in [5.74, 6) is 1.07. The zero-order valence-corrected chi connectivity index (χ0v) is 9.54. The predicted molar refractivity (Wildman–Crippen MR) is 60.7 cm³/mol. The molecule has 3 aliphatic rings. The van der Waals surface area contributed by atoms with Gasteiger partial charge in [-0.25, -0.2) is 0 Å². The van der Waals surface area contributed by atoms with E-state index >= 15 is 0 Å². The summed E-state index contributed by atoms with van der Waals surface area (Å²) in [5.41, 5.74) is 0.732. The molecular formula is C13H23NO. The smallest absolute Gasteiger partial charge is 0.0541 e. The highest BCUT2D eigenvalue weighted by atomic mass is 16.3. The van der Waals surface area contributed by atoms with Crippen LogP contribution in [0.25, 0.3) is 0 Å². The average molecular weight is 209 g/mol. The molecule has 0 heterocycles. The molecule has 3 saturated carbocycles. The lowest BCUT2D eigenvalue weighted by Gasteiger charge is -2.28. The van der Waals surface area contributed by atoms with Crippen LogP contribution in [0.5, 0.6) is 0 Å². The van der Waals surface area contributed by atoms with E-state index in [0.29, 0.717) is 6.04 Å². The number of nitrogens with one attached hydrogen (secondary N) is 1. The first-order chi connectivity index (χ1) is 7.28. The second-order valence-corrected chi connectivity index (χ2v) is 6.02. The summed E-state index contributed by atoms with van der Waals surface area (Å²) in [5, 5.41) is 13.2. The van der Waals surface area contributed by atoms with Crippen molar-refractivity contribution in [2.45, 2.75) is 63.5 Å². The Kier molecular flexibility index (Phi) is 2.52. The Hall–Kier alpha value is -0.0800. The van der Waals surface area contributed by atoms with Crippen molar-refractivity contribution in [3.63, 3.8) is 0 Å². The molecule has 0 aromatic carbocycles. The molecule has 0 aromatic rings. The molecule has 86 valence electrons. The second-order valence-electron chi connectivity index (χ2n) is 6.02. The van der Waals surface area contributed by atoms with Crippen LogP contribution in [-0.2, 0) is 0 Å². The molecule has 0 spiro atoms. The van der Waals surface area contributed by atoms with Crippen molar-refractivity contribution in [3.8, 4) is 0 Å². The van der Waals surface area contributed by atoms with Crippen LogP contribution in [0.4, 0.5) is 0 Å². The molecule has 0 saturated heterocycles. The maximum atomic E-state index is 9.44. The minimum atomic E-state index is -0.0126. The summed E-state index contributed by atoms with van der Waals surface area (Å²) in [4.78, 5) is 0. The lowest BCUT2D eigenvalue weighted by molar-refractivity contribution is 0.115. The third kappa shape index (κ3) is 2.21. The lowest BCUT2D eigenvalue weighted by atomic mass is 9.92. The number of hydrogen-bond donors (Lipinski definition) is 2. The van der Waals surface area contributed by atoms with Gasteiger partial charge in [0.25, 0.3) is 0 Å². The number of aliphatic hydroxyl groups is 1. The van der Waals surface area contributed by atoms with Crippen molar-refractivity contribution in [1.29, 1.82) is 0 Å². The first kappa shape index (κ1) is 10.1. The summed E-state index contributed by atoms with van der Waals surface area (Å²) in [6.45, 7) is 1.26. The van der Waals surface area contributed by atoms with Crippen molar-refractivity contribution in [1.82, 2.24) is 5.32 Å². The van der Waals surface area contributed by atoms with Crippen molar-refractivity contribution >= 4 is 0 Å². The SMILES string of the molecule is OC1CCC(NCC2(C3CC3)CC2)CC1. The highest BCUT2D eigenvalue weighted by Gasteiger charge is 2.53. The van der Waals surface area contributed by atoms with E-state index in [1.807, 2.05) is 0 Å². The van der Waals surface area contributed by atoms with Crippen LogP contribution in [0.1, 0.15) is 51.4 Å². The molecule has 15 heavy (non-hydrogen) atoms. The lowest BCUT2D eigenvalue weighted by Crippen LogP contribution is -2.38. The fraction of sp³-hybridized carbons (Fsp3) is 1.00. The van der Waals surface area contributed by atoms with Crippen molar-refractivity contribution in [2.75, 3.05) is 6.54 Å². The Morgan fingerprint density at radius 2 is 1.67 bits per heavy atom. The first-order valence-corrected chi connectivity index (χ1v) is 6.70. The van der Waals surface area contributed by atoms with E-state index in [9.17, 15) is 5.11 Å². The first-order valence-electron chi connectivity index (χ1n) is 6.70. The minimum absolute atomic E-state index is 0.0126. The fourth-order valence-corrected chi connectivity index (χ4v) is 3.21. The molecule has 0 amide bonds. The molecule has 3 fully saturated rings. The molecule has 3 aliphatic carbocycles. The number of rotatable bonds is 4. The standard InChI is InChI=1S/C13H23NO/c15-12-5-3-11(4-6-12)14-9-13(7-8-13)10-1-2-10/h10-12,14-15H,1-9H2. The van der Waals surface area contributed by atoms with Gasteiger partial charge in [-0.1, -0.05) is 0 Å². The normalized spacial score (nSPS) is 39.0. The van der Waals surface area contributed by atoms with E-state index in [0.717, 1.165) is 24.2 Å². The minimum Gasteiger partial charge on any atom is -0.393 e. The molecule has 0 aromatic heterocycles. The van der Waals surface area contributed by atoms with E-state index < -0.39 is 0 Å². The van der Waals surface area contributed by atoms with Crippen LogP contribution in [-0.4, -0.2) is 23.8 Å². The van der Waals surface area contributed by atoms with Crippen LogP contribution in [0.2, 0.25) is 0 Å². The van der Waals surface area contributed by atoms with Crippen LogP contribution in [0.15, 0.2) is 0 Å². The van der Waals surface area contributed by atoms with Gasteiger partial charge in [0.15, 0.2) is 0 Å². The molecule has 0 radical (unpaired) electrons. The third-order valence-corrected chi connectivity index (χ3v) is 4.78. The van der Waals surface area contributed by atoms with E-state index in [1.165, 1.54) is 45.1 Å². The zero-order valence-electron chi connectivity index (χ0n) is 9.54. The molecule has 0 unspecified atom stereocenters. The molecular weight excluding hydrogens is 186 g/mol. The van der Waals surface area contributed by atoms with Gasteiger partial charge in [0.05, 0.1) is 6.10 Å². The van der Waals surface area contributed by atoms with Gasteiger partial charge in [0, 0.05) is 12.6 Å². The van der Waals surface area contributed by atoms with Crippen LogP contribution >= 0.6 is 0 Å². The summed E-state index contributed by atoms with van der Waals surface area (Å²) < 4.78 is 0. The Bertz CT molecular complexity index is 225. The molecule has 2 nitrogen and oxygen atoms in total. The zero-order chi connectivity index (χ0) is 10.3. The van der Waals surface area contributed by atoms with Gasteiger partial charge in [0.1, 0.15) is 0 Å². The van der Waals surface area contributed by atoms with Crippen LogP contribution < -0.4 is 5.32 Å². The number of hydrogen-bond acceptors (Lipinski definition) is 2. The largest absolute Gasteiger partial charge is 0.393 e. The van der Waals surface area contributed by atoms with Crippen molar-refractivity contribution in [3.05, 3.63) is 0 Å². The predicted octanol–water partition coefficient (Wildman–Crippen LogP) is 2.07. The Labute approximate surface area is 92.4 Å². The van der Waals surface area contributed by atoms with Crippen molar-refractivity contribution in [2.24, 2.45) is 11.3 Å². The summed E-state index contributed by atoms with van der Waals surface area (Å²) in [7, 11) is 0. The van der Waals surface area contributed by atoms with Gasteiger partial charge in [-0.2, -0.15) is 0 Å². The van der Waals surface area contributed by atoms with E-state index in [2.05, 4.69) is 5.32 Å².